The van der Waals surface area contributed by atoms with Crippen molar-refractivity contribution in [2.45, 2.75) is 26.7 Å². The van der Waals surface area contributed by atoms with E-state index >= 15 is 0 Å². The van der Waals surface area contributed by atoms with E-state index in [0.29, 0.717) is 12.5 Å². The van der Waals surface area contributed by atoms with Crippen LogP contribution in [0.4, 0.5) is 0 Å². The van der Waals surface area contributed by atoms with Crippen LogP contribution in [0.5, 0.6) is 0 Å². The van der Waals surface area contributed by atoms with E-state index in [9.17, 15) is 9.79 Å². The van der Waals surface area contributed by atoms with E-state index in [1.165, 1.54) is 0 Å². The predicted molar refractivity (Wildman–Crippen MR) is 36.9 cm³/mol. The molecule has 0 unspecified atom stereocenters. The van der Waals surface area contributed by atoms with Gasteiger partial charge in [0.25, 0.3) is 0 Å². The lowest BCUT2D eigenvalue weighted by molar-refractivity contribution is -0.318. The molecule has 0 radical (unpaired) electrons. The molecule has 0 spiro atoms. The Bertz CT molecular complexity index is 65.4. The zero-order valence-corrected chi connectivity index (χ0v) is 7.27. The Kier molecular flexibility index (Phi) is 6.24. The molecule has 4 heteroatoms. The molecule has 0 atom stereocenters. The maximum absolute atomic E-state index is 9.86. The highest BCUT2D eigenvalue weighted by atomic mass is 31.2. The molecule has 0 aliphatic carbocycles. The molecule has 0 fully saturated rings. The number of hydrogen-bond acceptors (Lipinski definition) is 3. The normalized spacial score (nSPS) is 11.4. The van der Waals surface area contributed by atoms with Crippen molar-refractivity contribution in [1.29, 1.82) is 0 Å². The van der Waals surface area contributed by atoms with Gasteiger partial charge < -0.3 is 14.3 Å². The molecule has 0 aromatic rings. The third kappa shape index (κ3) is 8.31. The van der Waals surface area contributed by atoms with Crippen molar-refractivity contribution in [3.05, 3.63) is 0 Å². The van der Waals surface area contributed by atoms with Crippen LogP contribution in [0.15, 0.2) is 0 Å². The average Bonchev–Trinajstić information content (AvgIpc) is 1.79. The summed E-state index contributed by atoms with van der Waals surface area (Å²) >= 11 is 0. The first-order chi connectivity index (χ1) is 4.63. The van der Waals surface area contributed by atoms with Crippen molar-refractivity contribution >= 4 is 8.60 Å². The summed E-state index contributed by atoms with van der Waals surface area (Å²) in [5.41, 5.74) is 0. The fraction of sp³-hybridized carbons (Fsp3) is 1.00. The highest BCUT2D eigenvalue weighted by molar-refractivity contribution is 7.36. The molecule has 3 nitrogen and oxygen atoms in total. The Hall–Kier alpha value is 0.310. The van der Waals surface area contributed by atoms with Crippen molar-refractivity contribution in [3.8, 4) is 0 Å². The van der Waals surface area contributed by atoms with Crippen LogP contribution in [-0.4, -0.2) is 6.61 Å². The van der Waals surface area contributed by atoms with Gasteiger partial charge in [-0.2, -0.15) is 8.60 Å². The minimum atomic E-state index is -2.63. The molecular formula is C6H13O3P-2. The smallest absolute Gasteiger partial charge is 0.0476 e. The summed E-state index contributed by atoms with van der Waals surface area (Å²) in [5.74, 6) is 0.619. The summed E-state index contributed by atoms with van der Waals surface area (Å²) < 4.78 is 4.35. The minimum absolute atomic E-state index is 0.330. The van der Waals surface area contributed by atoms with Gasteiger partial charge in [0.05, 0.1) is 0 Å². The summed E-state index contributed by atoms with van der Waals surface area (Å²) in [6.45, 7) is 4.52. The Morgan fingerprint density at radius 3 is 2.40 bits per heavy atom. The lowest BCUT2D eigenvalue weighted by atomic mass is 10.1. The van der Waals surface area contributed by atoms with Crippen LogP contribution in [0, 0.1) is 5.92 Å². The Morgan fingerprint density at radius 2 is 2.00 bits per heavy atom. The lowest BCUT2D eigenvalue weighted by Gasteiger charge is -2.29. The van der Waals surface area contributed by atoms with Gasteiger partial charge in [0, 0.05) is 6.61 Å². The third-order valence-electron chi connectivity index (χ3n) is 1.12. The van der Waals surface area contributed by atoms with Gasteiger partial charge in [-0.25, -0.2) is 0 Å². The highest BCUT2D eigenvalue weighted by Gasteiger charge is 1.91. The molecule has 0 aromatic heterocycles. The van der Waals surface area contributed by atoms with Gasteiger partial charge in [-0.3, -0.25) is 0 Å². The molecule has 0 aliphatic rings. The van der Waals surface area contributed by atoms with Crippen LogP contribution in [0.1, 0.15) is 26.7 Å². The number of hydrogen-bond donors (Lipinski definition) is 0. The van der Waals surface area contributed by atoms with Crippen LogP contribution in [0.25, 0.3) is 0 Å². The molecule has 62 valence electrons. The van der Waals surface area contributed by atoms with Crippen molar-refractivity contribution < 1.29 is 14.3 Å². The molecule has 0 N–H and O–H groups in total. The largest absolute Gasteiger partial charge is 0.820 e. The molecule has 0 saturated heterocycles. The maximum Gasteiger partial charge on any atom is 0.0476 e. The van der Waals surface area contributed by atoms with Crippen LogP contribution >= 0.6 is 8.60 Å². The first-order valence-electron chi connectivity index (χ1n) is 3.40. The molecule has 0 rings (SSSR count). The second-order valence-corrected chi connectivity index (χ2v) is 3.30. The van der Waals surface area contributed by atoms with Crippen molar-refractivity contribution in [2.75, 3.05) is 6.61 Å². The van der Waals surface area contributed by atoms with Crippen molar-refractivity contribution in [2.24, 2.45) is 5.92 Å². The summed E-state index contributed by atoms with van der Waals surface area (Å²) in [6, 6.07) is 0. The third-order valence-corrected chi connectivity index (χ3v) is 1.52. The van der Waals surface area contributed by atoms with E-state index in [0.717, 1.165) is 12.8 Å². The molecule has 0 amide bonds. The topological polar surface area (TPSA) is 55.3 Å². The van der Waals surface area contributed by atoms with Crippen LogP contribution < -0.4 is 9.79 Å². The zero-order chi connectivity index (χ0) is 7.98. The molecule has 10 heavy (non-hydrogen) atoms. The van der Waals surface area contributed by atoms with Gasteiger partial charge >= 0.3 is 0 Å². The maximum atomic E-state index is 9.86. The zero-order valence-electron chi connectivity index (χ0n) is 6.37. The second-order valence-electron chi connectivity index (χ2n) is 2.59. The SMILES string of the molecule is CC(C)CCCOP([O-])[O-]. The van der Waals surface area contributed by atoms with Crippen LogP contribution in [0.2, 0.25) is 0 Å². The van der Waals surface area contributed by atoms with Crippen molar-refractivity contribution in [1.82, 2.24) is 0 Å². The van der Waals surface area contributed by atoms with E-state index in [4.69, 9.17) is 0 Å². The summed E-state index contributed by atoms with van der Waals surface area (Å²) in [5, 5.41) is 0. The average molecular weight is 164 g/mol. The Labute approximate surface area is 63.0 Å². The fourth-order valence-corrected chi connectivity index (χ4v) is 0.909. The molecular weight excluding hydrogens is 151 g/mol. The van der Waals surface area contributed by atoms with E-state index < -0.39 is 8.60 Å². The van der Waals surface area contributed by atoms with E-state index in [1.54, 1.807) is 0 Å². The van der Waals surface area contributed by atoms with Crippen molar-refractivity contribution in [3.63, 3.8) is 0 Å². The molecule has 0 aromatic carbocycles. The fourth-order valence-electron chi connectivity index (χ4n) is 0.631. The summed E-state index contributed by atoms with van der Waals surface area (Å²) in [7, 11) is -2.63. The highest BCUT2D eigenvalue weighted by Crippen LogP contribution is 2.14. The Balaban J connectivity index is 2.91. The van der Waals surface area contributed by atoms with E-state index in [2.05, 4.69) is 18.4 Å². The van der Waals surface area contributed by atoms with E-state index in [-0.39, 0.29) is 0 Å². The first kappa shape index (κ1) is 10.3. The lowest BCUT2D eigenvalue weighted by Crippen LogP contribution is -2.11. The second kappa shape index (κ2) is 6.05. The standard InChI is InChI=1S/C6H13O3P/c1-6(2)4-3-5-9-10(7)8/h6H,3-5H2,1-2H3/q-2. The van der Waals surface area contributed by atoms with Gasteiger partial charge in [0.1, 0.15) is 0 Å². The van der Waals surface area contributed by atoms with Gasteiger partial charge in [0.2, 0.25) is 0 Å². The summed E-state index contributed by atoms with van der Waals surface area (Å²) in [4.78, 5) is 19.7. The summed E-state index contributed by atoms with van der Waals surface area (Å²) in [6.07, 6.45) is 1.84. The minimum Gasteiger partial charge on any atom is -0.820 e. The van der Waals surface area contributed by atoms with Crippen LogP contribution in [-0.2, 0) is 4.52 Å². The van der Waals surface area contributed by atoms with Gasteiger partial charge in [-0.1, -0.05) is 13.8 Å². The van der Waals surface area contributed by atoms with Gasteiger partial charge in [-0.05, 0) is 18.8 Å². The molecule has 0 saturated carbocycles. The van der Waals surface area contributed by atoms with E-state index in [1.807, 2.05) is 0 Å². The molecule has 0 heterocycles. The quantitative estimate of drug-likeness (QED) is 0.436. The molecule has 0 aliphatic heterocycles. The first-order valence-corrected chi connectivity index (χ1v) is 4.49. The Morgan fingerprint density at radius 1 is 1.40 bits per heavy atom. The van der Waals surface area contributed by atoms with Gasteiger partial charge in [-0.15, -0.1) is 0 Å². The molecule has 0 bridgehead atoms. The number of rotatable bonds is 5. The predicted octanol–water partition coefficient (Wildman–Crippen LogP) is 0.387. The monoisotopic (exact) mass is 164 g/mol. The van der Waals surface area contributed by atoms with Crippen LogP contribution in [0.3, 0.4) is 0 Å². The van der Waals surface area contributed by atoms with Gasteiger partial charge in [0.15, 0.2) is 0 Å².